The lowest BCUT2D eigenvalue weighted by molar-refractivity contribution is -0.136. The molecule has 0 aliphatic heterocycles. The van der Waals surface area contributed by atoms with Crippen LogP contribution in [0.5, 0.6) is 0 Å². The Morgan fingerprint density at radius 1 is 1.53 bits per heavy atom. The van der Waals surface area contributed by atoms with E-state index in [1.807, 2.05) is 0 Å². The Balaban J connectivity index is 4.15. The molecule has 5 heteroatoms. The normalized spacial score (nSPS) is 11.5. The van der Waals surface area contributed by atoms with Crippen LogP contribution in [0.4, 0.5) is 0 Å². The average molecular weight is 231 g/mol. The number of carboxylic acid groups (broad SMARTS) is 1. The van der Waals surface area contributed by atoms with Crippen molar-refractivity contribution in [1.82, 2.24) is 0 Å². The van der Waals surface area contributed by atoms with Crippen LogP contribution in [0.25, 0.3) is 0 Å². The lowest BCUT2D eigenvalue weighted by atomic mass is 10.2. The summed E-state index contributed by atoms with van der Waals surface area (Å²) in [7, 11) is 0. The van der Waals surface area contributed by atoms with Crippen LogP contribution in [0.15, 0.2) is 35.6 Å². The minimum atomic E-state index is -1.01. The summed E-state index contributed by atoms with van der Waals surface area (Å²) in [4.78, 5) is 21.3. The highest BCUT2D eigenvalue weighted by molar-refractivity contribution is 6.30. The Morgan fingerprint density at radius 2 is 2.13 bits per heavy atom. The van der Waals surface area contributed by atoms with Crippen LogP contribution in [0.2, 0.25) is 0 Å². The zero-order valence-corrected chi connectivity index (χ0v) is 8.95. The molecule has 0 radical (unpaired) electrons. The third kappa shape index (κ3) is 7.52. The van der Waals surface area contributed by atoms with Crippen molar-refractivity contribution in [2.45, 2.75) is 13.3 Å². The zero-order chi connectivity index (χ0) is 11.8. The average Bonchev–Trinajstić information content (AvgIpc) is 2.13. The van der Waals surface area contributed by atoms with Gasteiger partial charge in [0.25, 0.3) is 0 Å². The second kappa shape index (κ2) is 6.84. The summed E-state index contributed by atoms with van der Waals surface area (Å²) in [6.07, 6.45) is 3.46. The zero-order valence-electron chi connectivity index (χ0n) is 8.20. The van der Waals surface area contributed by atoms with E-state index in [4.69, 9.17) is 16.7 Å². The molecule has 0 saturated carbocycles. The SMILES string of the molecule is C=C(Cl)C=COC(=O)C(C)=CCC(=O)O. The number of carbonyl (C=O) groups is 2. The van der Waals surface area contributed by atoms with Crippen molar-refractivity contribution in [3.8, 4) is 0 Å². The molecule has 0 spiro atoms. The minimum absolute atomic E-state index is 0.215. The van der Waals surface area contributed by atoms with Gasteiger partial charge in [0.1, 0.15) is 0 Å². The first-order valence-electron chi connectivity index (χ1n) is 4.04. The molecule has 0 saturated heterocycles. The van der Waals surface area contributed by atoms with E-state index in [0.29, 0.717) is 0 Å². The first kappa shape index (κ1) is 13.4. The number of ether oxygens (including phenoxy) is 1. The lowest BCUT2D eigenvalue weighted by Gasteiger charge is -1.97. The van der Waals surface area contributed by atoms with Gasteiger partial charge >= 0.3 is 11.9 Å². The van der Waals surface area contributed by atoms with E-state index in [0.717, 1.165) is 6.26 Å². The molecule has 0 heterocycles. The Kier molecular flexibility index (Phi) is 6.13. The molecule has 0 bridgehead atoms. The van der Waals surface area contributed by atoms with Crippen molar-refractivity contribution in [3.05, 3.63) is 35.6 Å². The van der Waals surface area contributed by atoms with Gasteiger partial charge < -0.3 is 9.84 Å². The van der Waals surface area contributed by atoms with Crippen molar-refractivity contribution in [1.29, 1.82) is 0 Å². The fourth-order valence-electron chi connectivity index (χ4n) is 0.586. The Hall–Kier alpha value is -1.55. The predicted molar refractivity (Wildman–Crippen MR) is 56.2 cm³/mol. The fraction of sp³-hybridized carbons (Fsp3) is 0.200. The third-order valence-corrected chi connectivity index (χ3v) is 1.45. The van der Waals surface area contributed by atoms with E-state index in [9.17, 15) is 9.59 Å². The van der Waals surface area contributed by atoms with Crippen molar-refractivity contribution in [2.75, 3.05) is 0 Å². The van der Waals surface area contributed by atoms with Gasteiger partial charge in [0, 0.05) is 10.6 Å². The maximum absolute atomic E-state index is 11.1. The summed E-state index contributed by atoms with van der Waals surface area (Å²) in [6, 6.07) is 0. The van der Waals surface area contributed by atoms with Crippen LogP contribution in [0.3, 0.4) is 0 Å². The standard InChI is InChI=1S/C10H11ClO4/c1-7(3-4-9(12)13)10(14)15-6-5-8(2)11/h3,5-6H,2,4H2,1H3,(H,12,13). The molecule has 0 aliphatic carbocycles. The van der Waals surface area contributed by atoms with Gasteiger partial charge in [0.15, 0.2) is 0 Å². The van der Waals surface area contributed by atoms with Crippen LogP contribution >= 0.6 is 11.6 Å². The number of carboxylic acids is 1. The number of carbonyl (C=O) groups excluding carboxylic acids is 1. The molecule has 15 heavy (non-hydrogen) atoms. The highest BCUT2D eigenvalue weighted by atomic mass is 35.5. The van der Waals surface area contributed by atoms with Gasteiger partial charge in [-0.05, 0) is 13.0 Å². The first-order valence-corrected chi connectivity index (χ1v) is 4.41. The molecule has 0 rings (SSSR count). The number of halogens is 1. The molecule has 0 aromatic heterocycles. The van der Waals surface area contributed by atoms with Crippen LogP contribution in [0, 0.1) is 0 Å². The van der Waals surface area contributed by atoms with Crippen molar-refractivity contribution >= 4 is 23.5 Å². The Labute approximate surface area is 92.5 Å². The second-order valence-corrected chi connectivity index (χ2v) is 3.13. The lowest BCUT2D eigenvalue weighted by Crippen LogP contribution is -2.02. The number of allylic oxidation sites excluding steroid dienone is 2. The fourth-order valence-corrected chi connectivity index (χ4v) is 0.638. The number of rotatable bonds is 5. The van der Waals surface area contributed by atoms with Crippen molar-refractivity contribution in [2.24, 2.45) is 0 Å². The van der Waals surface area contributed by atoms with Crippen molar-refractivity contribution in [3.63, 3.8) is 0 Å². The summed E-state index contributed by atoms with van der Waals surface area (Å²) >= 11 is 5.38. The molecule has 4 nitrogen and oxygen atoms in total. The number of hydrogen-bond donors (Lipinski definition) is 1. The summed E-state index contributed by atoms with van der Waals surface area (Å²) in [6.45, 7) is 4.82. The Bertz CT molecular complexity index is 328. The monoisotopic (exact) mass is 230 g/mol. The van der Waals surface area contributed by atoms with Crippen LogP contribution in [-0.2, 0) is 14.3 Å². The van der Waals surface area contributed by atoms with Gasteiger partial charge in [-0.3, -0.25) is 4.79 Å². The summed E-state index contributed by atoms with van der Waals surface area (Å²) in [5.41, 5.74) is 0.224. The van der Waals surface area contributed by atoms with Crippen LogP contribution in [0.1, 0.15) is 13.3 Å². The quantitative estimate of drug-likeness (QED) is 0.340. The molecular formula is C10H11ClO4. The van der Waals surface area contributed by atoms with Gasteiger partial charge in [-0.1, -0.05) is 24.3 Å². The van der Waals surface area contributed by atoms with E-state index in [1.54, 1.807) is 0 Å². The molecule has 0 aromatic rings. The molecule has 0 amide bonds. The largest absolute Gasteiger partial charge is 0.481 e. The molecule has 82 valence electrons. The number of esters is 1. The van der Waals surface area contributed by atoms with Gasteiger partial charge in [0.05, 0.1) is 12.7 Å². The minimum Gasteiger partial charge on any atom is -0.481 e. The molecule has 1 N–H and O–H groups in total. The molecule has 0 aromatic carbocycles. The highest BCUT2D eigenvalue weighted by Crippen LogP contribution is 2.02. The molecular weight excluding hydrogens is 220 g/mol. The second-order valence-electron chi connectivity index (χ2n) is 2.64. The first-order chi connectivity index (χ1) is 6.93. The van der Waals surface area contributed by atoms with Gasteiger partial charge in [-0.25, -0.2) is 4.79 Å². The van der Waals surface area contributed by atoms with Gasteiger partial charge in [0.2, 0.25) is 0 Å². The summed E-state index contributed by atoms with van der Waals surface area (Å²) in [5.74, 6) is -1.63. The summed E-state index contributed by atoms with van der Waals surface area (Å²) in [5, 5.41) is 8.58. The smallest absolute Gasteiger partial charge is 0.338 e. The molecule has 0 aliphatic rings. The Morgan fingerprint density at radius 3 is 2.60 bits per heavy atom. The summed E-state index contributed by atoms with van der Waals surface area (Å²) < 4.78 is 4.62. The van der Waals surface area contributed by atoms with E-state index in [2.05, 4.69) is 11.3 Å². The predicted octanol–water partition coefficient (Wildman–Crippen LogP) is 2.22. The van der Waals surface area contributed by atoms with Gasteiger partial charge in [-0.2, -0.15) is 0 Å². The maximum atomic E-state index is 11.1. The molecule has 0 atom stereocenters. The number of aliphatic carboxylic acids is 1. The van der Waals surface area contributed by atoms with E-state index in [1.165, 1.54) is 19.1 Å². The molecule has 0 fully saturated rings. The van der Waals surface area contributed by atoms with Crippen molar-refractivity contribution < 1.29 is 19.4 Å². The van der Waals surface area contributed by atoms with Crippen LogP contribution in [-0.4, -0.2) is 17.0 Å². The van der Waals surface area contributed by atoms with Gasteiger partial charge in [-0.15, -0.1) is 0 Å². The third-order valence-electron chi connectivity index (χ3n) is 1.33. The van der Waals surface area contributed by atoms with E-state index in [-0.39, 0.29) is 17.0 Å². The van der Waals surface area contributed by atoms with E-state index < -0.39 is 11.9 Å². The number of hydrogen-bond acceptors (Lipinski definition) is 3. The topological polar surface area (TPSA) is 63.6 Å². The maximum Gasteiger partial charge on any atom is 0.338 e. The molecule has 0 unspecified atom stereocenters. The van der Waals surface area contributed by atoms with E-state index >= 15 is 0 Å². The highest BCUT2D eigenvalue weighted by Gasteiger charge is 2.04. The van der Waals surface area contributed by atoms with Crippen LogP contribution < -0.4 is 0 Å².